The topological polar surface area (TPSA) is 37.4 Å². The fourth-order valence-corrected chi connectivity index (χ4v) is 4.18. The molecule has 0 aliphatic carbocycles. The lowest BCUT2D eigenvalue weighted by Crippen LogP contribution is -2.44. The van der Waals surface area contributed by atoms with Crippen molar-refractivity contribution >= 4 is 11.7 Å². The van der Waals surface area contributed by atoms with Crippen LogP contribution in [0.1, 0.15) is 87.7 Å². The average molecular weight is 394 g/mol. The van der Waals surface area contributed by atoms with Crippen LogP contribution in [0.2, 0.25) is 0 Å². The van der Waals surface area contributed by atoms with Gasteiger partial charge in [-0.15, -0.1) is 0 Å². The van der Waals surface area contributed by atoms with Crippen LogP contribution in [0.3, 0.4) is 0 Å². The van der Waals surface area contributed by atoms with Crippen LogP contribution in [-0.2, 0) is 4.79 Å². The van der Waals surface area contributed by atoms with Crippen LogP contribution in [0.5, 0.6) is 0 Å². The molecular formula is C26H35NO2. The number of Topliss-reactive ketones (excluding diaryl/α,β-unsaturated/α-hetero) is 1. The van der Waals surface area contributed by atoms with E-state index in [0.717, 1.165) is 24.0 Å². The SMILES string of the molecule is CCC(C(=O)c1ccc(C(CC)C(=O)N(C(C)C)C(C)C)cc1)c1ccccc1. The Labute approximate surface area is 176 Å². The summed E-state index contributed by atoms with van der Waals surface area (Å²) in [5.41, 5.74) is 2.74. The van der Waals surface area contributed by atoms with Crippen LogP contribution in [0, 0.1) is 0 Å². The molecule has 0 spiro atoms. The van der Waals surface area contributed by atoms with Crippen LogP contribution < -0.4 is 0 Å². The molecule has 0 saturated heterocycles. The summed E-state index contributed by atoms with van der Waals surface area (Å²) in [7, 11) is 0. The van der Waals surface area contributed by atoms with Gasteiger partial charge in [0, 0.05) is 23.6 Å². The Morgan fingerprint density at radius 1 is 0.724 bits per heavy atom. The first-order chi connectivity index (χ1) is 13.8. The average Bonchev–Trinajstić information content (AvgIpc) is 2.70. The van der Waals surface area contributed by atoms with Crippen LogP contribution in [0.15, 0.2) is 54.6 Å². The van der Waals surface area contributed by atoms with Gasteiger partial charge in [0.2, 0.25) is 5.91 Å². The number of amides is 1. The fraction of sp³-hybridized carbons (Fsp3) is 0.462. The van der Waals surface area contributed by atoms with Gasteiger partial charge in [-0.1, -0.05) is 68.4 Å². The first-order valence-corrected chi connectivity index (χ1v) is 10.8. The number of carbonyl (C=O) groups is 2. The first-order valence-electron chi connectivity index (χ1n) is 10.8. The highest BCUT2D eigenvalue weighted by atomic mass is 16.2. The standard InChI is InChI=1S/C26H35NO2/c1-7-23(20-12-10-9-11-13-20)25(28)22-16-14-21(15-17-22)24(8-2)26(29)27(18(3)4)19(5)6/h9-19,23-24H,7-8H2,1-6H3. The van der Waals surface area contributed by atoms with E-state index in [1.54, 1.807) is 0 Å². The molecule has 0 radical (unpaired) electrons. The van der Waals surface area contributed by atoms with Gasteiger partial charge in [0.15, 0.2) is 5.78 Å². The molecule has 0 aliphatic rings. The minimum absolute atomic E-state index is 0.135. The highest BCUT2D eigenvalue weighted by Crippen LogP contribution is 2.28. The van der Waals surface area contributed by atoms with Gasteiger partial charge < -0.3 is 4.90 Å². The summed E-state index contributed by atoms with van der Waals surface area (Å²) >= 11 is 0. The Morgan fingerprint density at radius 3 is 1.66 bits per heavy atom. The third-order valence-electron chi connectivity index (χ3n) is 5.60. The van der Waals surface area contributed by atoms with Crippen LogP contribution in [0.25, 0.3) is 0 Å². The lowest BCUT2D eigenvalue weighted by Gasteiger charge is -2.34. The Hall–Kier alpha value is -2.42. The molecule has 0 saturated carbocycles. The van der Waals surface area contributed by atoms with Crippen molar-refractivity contribution in [2.45, 2.75) is 78.3 Å². The number of rotatable bonds is 9. The van der Waals surface area contributed by atoms with E-state index in [1.165, 1.54) is 0 Å². The maximum atomic E-state index is 13.2. The Kier molecular flexibility index (Phi) is 8.19. The lowest BCUT2D eigenvalue weighted by molar-refractivity contribution is -0.136. The molecule has 2 aromatic carbocycles. The maximum Gasteiger partial charge on any atom is 0.230 e. The molecule has 0 aliphatic heterocycles. The summed E-state index contributed by atoms with van der Waals surface area (Å²) in [6.45, 7) is 12.3. The van der Waals surface area contributed by atoms with Crippen molar-refractivity contribution in [1.29, 1.82) is 0 Å². The van der Waals surface area contributed by atoms with Gasteiger partial charge in [0.05, 0.1) is 5.92 Å². The zero-order chi connectivity index (χ0) is 21.6. The van der Waals surface area contributed by atoms with Crippen molar-refractivity contribution in [3.63, 3.8) is 0 Å². The fourth-order valence-electron chi connectivity index (χ4n) is 4.18. The molecular weight excluding hydrogens is 358 g/mol. The van der Waals surface area contributed by atoms with Crippen molar-refractivity contribution in [3.05, 3.63) is 71.3 Å². The van der Waals surface area contributed by atoms with Gasteiger partial charge >= 0.3 is 0 Å². The van der Waals surface area contributed by atoms with Gasteiger partial charge in [0.1, 0.15) is 0 Å². The normalized spacial score (nSPS) is 13.4. The minimum atomic E-state index is -0.181. The molecule has 2 unspecified atom stereocenters. The molecule has 0 aromatic heterocycles. The molecule has 2 aromatic rings. The molecule has 0 fully saturated rings. The summed E-state index contributed by atoms with van der Waals surface area (Å²) in [6.07, 6.45) is 1.50. The summed E-state index contributed by atoms with van der Waals surface area (Å²) < 4.78 is 0. The molecule has 2 rings (SSSR count). The van der Waals surface area contributed by atoms with Gasteiger partial charge in [-0.2, -0.15) is 0 Å². The van der Waals surface area contributed by atoms with Crippen LogP contribution in [0.4, 0.5) is 0 Å². The third kappa shape index (κ3) is 5.35. The second-order valence-electron chi connectivity index (χ2n) is 8.25. The predicted octanol–water partition coefficient (Wildman–Crippen LogP) is 6.20. The van der Waals surface area contributed by atoms with E-state index in [-0.39, 0.29) is 35.6 Å². The number of hydrogen-bond acceptors (Lipinski definition) is 2. The summed E-state index contributed by atoms with van der Waals surface area (Å²) in [5, 5.41) is 0. The van der Waals surface area contributed by atoms with Crippen LogP contribution >= 0.6 is 0 Å². The van der Waals surface area contributed by atoms with Gasteiger partial charge in [0.25, 0.3) is 0 Å². The van der Waals surface area contributed by atoms with E-state index in [1.807, 2.05) is 73.3 Å². The number of hydrogen-bond donors (Lipinski definition) is 0. The van der Waals surface area contributed by atoms with Crippen molar-refractivity contribution in [2.24, 2.45) is 0 Å². The molecule has 2 atom stereocenters. The monoisotopic (exact) mass is 393 g/mol. The van der Waals surface area contributed by atoms with Gasteiger partial charge in [-0.25, -0.2) is 0 Å². The molecule has 0 bridgehead atoms. The number of ketones is 1. The second-order valence-corrected chi connectivity index (χ2v) is 8.25. The quantitative estimate of drug-likeness (QED) is 0.476. The van der Waals surface area contributed by atoms with E-state index in [4.69, 9.17) is 0 Å². The summed E-state index contributed by atoms with van der Waals surface area (Å²) in [4.78, 5) is 28.2. The summed E-state index contributed by atoms with van der Waals surface area (Å²) in [6, 6.07) is 17.9. The number of carbonyl (C=O) groups excluding carboxylic acids is 2. The van der Waals surface area contributed by atoms with Crippen molar-refractivity contribution in [3.8, 4) is 0 Å². The second kappa shape index (κ2) is 10.4. The van der Waals surface area contributed by atoms with E-state index in [9.17, 15) is 9.59 Å². The van der Waals surface area contributed by atoms with Crippen LogP contribution in [-0.4, -0.2) is 28.7 Å². The Morgan fingerprint density at radius 2 is 1.21 bits per heavy atom. The molecule has 3 heteroatoms. The van der Waals surface area contributed by atoms with Crippen molar-refractivity contribution in [1.82, 2.24) is 4.90 Å². The molecule has 1 amide bonds. The minimum Gasteiger partial charge on any atom is -0.337 e. The van der Waals surface area contributed by atoms with Gasteiger partial charge in [-0.05, 0) is 51.7 Å². The highest BCUT2D eigenvalue weighted by molar-refractivity contribution is 6.01. The Balaban J connectivity index is 2.25. The zero-order valence-electron chi connectivity index (χ0n) is 18.7. The van der Waals surface area contributed by atoms with E-state index < -0.39 is 0 Å². The zero-order valence-corrected chi connectivity index (χ0v) is 18.7. The van der Waals surface area contributed by atoms with E-state index in [2.05, 4.69) is 27.7 Å². The summed E-state index contributed by atoms with van der Waals surface area (Å²) in [5.74, 6) is -0.0222. The molecule has 3 nitrogen and oxygen atoms in total. The predicted molar refractivity (Wildman–Crippen MR) is 120 cm³/mol. The maximum absolute atomic E-state index is 13.2. The van der Waals surface area contributed by atoms with Gasteiger partial charge in [-0.3, -0.25) is 9.59 Å². The molecule has 0 N–H and O–H groups in total. The first kappa shape index (κ1) is 22.9. The largest absolute Gasteiger partial charge is 0.337 e. The van der Waals surface area contributed by atoms with E-state index in [0.29, 0.717) is 5.56 Å². The molecule has 29 heavy (non-hydrogen) atoms. The Bertz CT molecular complexity index is 785. The number of nitrogens with zero attached hydrogens (tertiary/aromatic N) is 1. The lowest BCUT2D eigenvalue weighted by atomic mass is 9.87. The highest BCUT2D eigenvalue weighted by Gasteiger charge is 2.28. The molecule has 156 valence electrons. The van der Waals surface area contributed by atoms with Crippen molar-refractivity contribution < 1.29 is 9.59 Å². The van der Waals surface area contributed by atoms with Crippen molar-refractivity contribution in [2.75, 3.05) is 0 Å². The van der Waals surface area contributed by atoms with E-state index >= 15 is 0 Å². The molecule has 0 heterocycles. The smallest absolute Gasteiger partial charge is 0.230 e. The third-order valence-corrected chi connectivity index (χ3v) is 5.60. The number of benzene rings is 2.